The average Bonchev–Trinajstić information content (AvgIpc) is 2.80. The molecule has 0 aliphatic heterocycles. The molecule has 7 nitrogen and oxygen atoms in total. The predicted molar refractivity (Wildman–Crippen MR) is 147 cm³/mol. The lowest BCUT2D eigenvalue weighted by molar-refractivity contribution is -0.140. The quantitative estimate of drug-likeness (QED) is 0.360. The maximum atomic E-state index is 13.3. The highest BCUT2D eigenvalue weighted by molar-refractivity contribution is 7.92. The Morgan fingerprint density at radius 3 is 2.31 bits per heavy atom. The fourth-order valence-electron chi connectivity index (χ4n) is 3.52. The third-order valence-corrected chi connectivity index (χ3v) is 7.92. The number of benzene rings is 2. The second kappa shape index (κ2) is 13.5. The van der Waals surface area contributed by atoms with Gasteiger partial charge in [0.15, 0.2) is 0 Å². The molecule has 0 unspecified atom stereocenters. The Labute approximate surface area is 228 Å². The Morgan fingerprint density at radius 2 is 1.72 bits per heavy atom. The molecule has 0 radical (unpaired) electrons. The molecule has 0 aliphatic carbocycles. The molecule has 0 aromatic heterocycles. The molecule has 0 saturated carbocycles. The molecule has 198 valence electrons. The standard InChI is InChI=1S/C25H32Cl3N3O4S/c1-5-17(2)29-25(33)18(3)30(16-19-11-12-22(27)23(28)14-19)24(32)10-7-13-31(36(4,34)35)21-9-6-8-20(26)15-21/h6,8-9,11-12,14-15,17-18H,5,7,10,13,16H2,1-4H3,(H,29,33)/t17-,18-/m0/s1. The summed E-state index contributed by atoms with van der Waals surface area (Å²) >= 11 is 18.2. The van der Waals surface area contributed by atoms with Crippen LogP contribution in [0.4, 0.5) is 5.69 Å². The van der Waals surface area contributed by atoms with Crippen molar-refractivity contribution in [3.63, 3.8) is 0 Å². The van der Waals surface area contributed by atoms with Gasteiger partial charge >= 0.3 is 0 Å². The number of anilines is 1. The summed E-state index contributed by atoms with van der Waals surface area (Å²) in [6.07, 6.45) is 2.14. The van der Waals surface area contributed by atoms with Gasteiger partial charge in [-0.2, -0.15) is 0 Å². The molecule has 0 saturated heterocycles. The Kier molecular flexibility index (Phi) is 11.3. The van der Waals surface area contributed by atoms with Crippen LogP contribution in [-0.2, 0) is 26.2 Å². The monoisotopic (exact) mass is 575 g/mol. The van der Waals surface area contributed by atoms with E-state index in [0.29, 0.717) is 20.8 Å². The topological polar surface area (TPSA) is 86.8 Å². The molecular formula is C25H32Cl3N3O4S. The van der Waals surface area contributed by atoms with E-state index in [1.165, 1.54) is 9.21 Å². The van der Waals surface area contributed by atoms with Gasteiger partial charge in [-0.05, 0) is 62.6 Å². The number of nitrogens with zero attached hydrogens (tertiary/aromatic N) is 2. The van der Waals surface area contributed by atoms with Crippen LogP contribution < -0.4 is 9.62 Å². The normalized spacial score (nSPS) is 13.1. The van der Waals surface area contributed by atoms with Crippen LogP contribution in [0.15, 0.2) is 42.5 Å². The molecule has 0 bridgehead atoms. The number of sulfonamides is 1. The van der Waals surface area contributed by atoms with E-state index in [-0.39, 0.29) is 43.8 Å². The van der Waals surface area contributed by atoms with Crippen molar-refractivity contribution in [2.75, 3.05) is 17.1 Å². The number of hydrogen-bond acceptors (Lipinski definition) is 4. The SMILES string of the molecule is CC[C@H](C)NC(=O)[C@H](C)N(Cc1ccc(Cl)c(Cl)c1)C(=O)CCCN(c1cccc(Cl)c1)S(C)(=O)=O. The van der Waals surface area contributed by atoms with Crippen molar-refractivity contribution >= 4 is 62.3 Å². The smallest absolute Gasteiger partial charge is 0.242 e. The van der Waals surface area contributed by atoms with Crippen molar-refractivity contribution in [3.8, 4) is 0 Å². The molecule has 2 amide bonds. The Balaban J connectivity index is 2.20. The van der Waals surface area contributed by atoms with Crippen molar-refractivity contribution in [2.24, 2.45) is 0 Å². The van der Waals surface area contributed by atoms with Gasteiger partial charge in [-0.25, -0.2) is 8.42 Å². The molecule has 1 N–H and O–H groups in total. The highest BCUT2D eigenvalue weighted by Crippen LogP contribution is 2.25. The maximum Gasteiger partial charge on any atom is 0.242 e. The minimum absolute atomic E-state index is 0.0366. The molecule has 11 heteroatoms. The van der Waals surface area contributed by atoms with Crippen molar-refractivity contribution < 1.29 is 18.0 Å². The average molecular weight is 577 g/mol. The first-order valence-corrected chi connectivity index (χ1v) is 14.6. The van der Waals surface area contributed by atoms with E-state index in [1.54, 1.807) is 49.4 Å². The molecule has 0 fully saturated rings. The zero-order chi connectivity index (χ0) is 27.0. The van der Waals surface area contributed by atoms with E-state index in [2.05, 4.69) is 5.32 Å². The molecule has 0 heterocycles. The van der Waals surface area contributed by atoms with E-state index < -0.39 is 16.1 Å². The van der Waals surface area contributed by atoms with E-state index in [4.69, 9.17) is 34.8 Å². The number of carbonyl (C=O) groups excluding carboxylic acids is 2. The number of amides is 2. The zero-order valence-corrected chi connectivity index (χ0v) is 23.9. The summed E-state index contributed by atoms with van der Waals surface area (Å²) in [5.41, 5.74) is 1.14. The lowest BCUT2D eigenvalue weighted by Gasteiger charge is -2.30. The number of nitrogens with one attached hydrogen (secondary N) is 1. The van der Waals surface area contributed by atoms with Crippen molar-refractivity contribution in [1.82, 2.24) is 10.2 Å². The molecule has 2 atom stereocenters. The van der Waals surface area contributed by atoms with Crippen LogP contribution in [0.25, 0.3) is 0 Å². The van der Waals surface area contributed by atoms with Gasteiger partial charge in [0.1, 0.15) is 6.04 Å². The fraction of sp³-hybridized carbons (Fsp3) is 0.440. The van der Waals surface area contributed by atoms with Crippen molar-refractivity contribution in [2.45, 2.75) is 58.7 Å². The molecule has 0 aliphatic rings. The summed E-state index contributed by atoms with van der Waals surface area (Å²) in [5.74, 6) is -0.554. The fourth-order valence-corrected chi connectivity index (χ4v) is 4.98. The summed E-state index contributed by atoms with van der Waals surface area (Å²) in [5, 5.41) is 4.06. The molecular weight excluding hydrogens is 545 g/mol. The lowest BCUT2D eigenvalue weighted by Crippen LogP contribution is -2.49. The van der Waals surface area contributed by atoms with Crippen molar-refractivity contribution in [3.05, 3.63) is 63.1 Å². The van der Waals surface area contributed by atoms with Gasteiger partial charge in [0, 0.05) is 30.6 Å². The van der Waals surface area contributed by atoms with Crippen LogP contribution in [-0.4, -0.2) is 50.0 Å². The first-order chi connectivity index (χ1) is 16.8. The molecule has 2 aromatic rings. The third kappa shape index (κ3) is 8.83. The van der Waals surface area contributed by atoms with Crippen molar-refractivity contribution in [1.29, 1.82) is 0 Å². The van der Waals surface area contributed by atoms with Gasteiger partial charge in [-0.1, -0.05) is 53.9 Å². The highest BCUT2D eigenvalue weighted by Gasteiger charge is 2.27. The third-order valence-electron chi connectivity index (χ3n) is 5.75. The zero-order valence-electron chi connectivity index (χ0n) is 20.8. The number of halogens is 3. The van der Waals surface area contributed by atoms with E-state index >= 15 is 0 Å². The molecule has 0 spiro atoms. The van der Waals surface area contributed by atoms with Crippen LogP contribution in [0.1, 0.15) is 45.6 Å². The van der Waals surface area contributed by atoms with E-state index in [9.17, 15) is 18.0 Å². The van der Waals surface area contributed by atoms with Gasteiger partial charge < -0.3 is 10.2 Å². The number of hydrogen-bond donors (Lipinski definition) is 1. The van der Waals surface area contributed by atoms with Crippen LogP contribution in [0.5, 0.6) is 0 Å². The van der Waals surface area contributed by atoms with Gasteiger partial charge in [0.05, 0.1) is 22.0 Å². The maximum absolute atomic E-state index is 13.3. The summed E-state index contributed by atoms with van der Waals surface area (Å²) in [6, 6.07) is 10.8. The van der Waals surface area contributed by atoms with Gasteiger partial charge in [-0.15, -0.1) is 0 Å². The van der Waals surface area contributed by atoms with Crippen LogP contribution in [0, 0.1) is 0 Å². The Bertz CT molecular complexity index is 1180. The summed E-state index contributed by atoms with van der Waals surface area (Å²) in [4.78, 5) is 27.6. The van der Waals surface area contributed by atoms with Crippen LogP contribution in [0.2, 0.25) is 15.1 Å². The lowest BCUT2D eigenvalue weighted by atomic mass is 10.1. The molecule has 2 rings (SSSR count). The van der Waals surface area contributed by atoms with E-state index in [0.717, 1.165) is 18.2 Å². The summed E-state index contributed by atoms with van der Waals surface area (Å²) < 4.78 is 26.0. The molecule has 2 aromatic carbocycles. The first kappa shape index (κ1) is 30.2. The van der Waals surface area contributed by atoms with Crippen LogP contribution in [0.3, 0.4) is 0 Å². The van der Waals surface area contributed by atoms with Gasteiger partial charge in [-0.3, -0.25) is 13.9 Å². The second-order valence-electron chi connectivity index (χ2n) is 8.68. The van der Waals surface area contributed by atoms with Gasteiger partial charge in [0.2, 0.25) is 21.8 Å². The molecule has 36 heavy (non-hydrogen) atoms. The Hall–Kier alpha value is -2.00. The summed E-state index contributed by atoms with van der Waals surface area (Å²) in [7, 11) is -3.60. The predicted octanol–water partition coefficient (Wildman–Crippen LogP) is 5.53. The number of carbonyl (C=O) groups is 2. The van der Waals surface area contributed by atoms with Crippen LogP contribution >= 0.6 is 34.8 Å². The largest absolute Gasteiger partial charge is 0.352 e. The first-order valence-electron chi connectivity index (χ1n) is 11.6. The highest BCUT2D eigenvalue weighted by atomic mass is 35.5. The minimum Gasteiger partial charge on any atom is -0.352 e. The van der Waals surface area contributed by atoms with E-state index in [1.807, 2.05) is 13.8 Å². The second-order valence-corrected chi connectivity index (χ2v) is 11.8. The minimum atomic E-state index is -3.60. The Morgan fingerprint density at radius 1 is 1.03 bits per heavy atom. The van der Waals surface area contributed by atoms with Gasteiger partial charge in [0.25, 0.3) is 0 Å². The summed E-state index contributed by atoms with van der Waals surface area (Å²) in [6.45, 7) is 5.75. The number of rotatable bonds is 12.